The smallest absolute Gasteiger partial charge is 0.289 e. The second kappa shape index (κ2) is 10.3. The number of halogens is 1. The summed E-state index contributed by atoms with van der Waals surface area (Å²) in [5.41, 5.74) is 2.64. The molecule has 0 bridgehead atoms. The van der Waals surface area contributed by atoms with Crippen molar-refractivity contribution in [3.05, 3.63) is 86.3 Å². The highest BCUT2D eigenvalue weighted by molar-refractivity contribution is 7.89. The van der Waals surface area contributed by atoms with E-state index >= 15 is 0 Å². The van der Waals surface area contributed by atoms with E-state index in [1.807, 2.05) is 32.0 Å². The summed E-state index contributed by atoms with van der Waals surface area (Å²) in [5.74, 6) is 1.48. The summed E-state index contributed by atoms with van der Waals surface area (Å²) in [6, 6.07) is 13.7. The molecule has 0 amide bonds. The van der Waals surface area contributed by atoms with Gasteiger partial charge in [0.05, 0.1) is 9.82 Å². The Morgan fingerprint density at radius 2 is 1.77 bits per heavy atom. The van der Waals surface area contributed by atoms with Gasteiger partial charge < -0.3 is 4.90 Å². The van der Waals surface area contributed by atoms with Crippen LogP contribution in [0.3, 0.4) is 0 Å². The third-order valence-corrected chi connectivity index (χ3v) is 8.25. The van der Waals surface area contributed by atoms with Crippen molar-refractivity contribution >= 4 is 33.1 Å². The number of hydrogen-bond acceptors (Lipinski definition) is 7. The fraction of sp³-hybridized carbons (Fsp3) is 0.333. The average Bonchev–Trinajstić information content (AvgIpc) is 3.08. The van der Waals surface area contributed by atoms with Crippen LogP contribution in [-0.2, 0) is 16.4 Å². The second-order valence-electron chi connectivity index (χ2n) is 8.44. The molecular formula is C24H26ClN5O4S. The molecule has 0 saturated carbocycles. The Kier molecular flexibility index (Phi) is 7.34. The van der Waals surface area contributed by atoms with Crippen LogP contribution in [0, 0.1) is 24.0 Å². The van der Waals surface area contributed by atoms with E-state index in [1.165, 1.54) is 16.4 Å². The Balaban J connectivity index is 1.60. The van der Waals surface area contributed by atoms with Gasteiger partial charge in [-0.3, -0.25) is 10.1 Å². The van der Waals surface area contributed by atoms with Crippen LogP contribution in [-0.4, -0.2) is 53.8 Å². The highest BCUT2D eigenvalue weighted by Gasteiger charge is 2.30. The summed E-state index contributed by atoms with van der Waals surface area (Å²) in [5, 5.41) is 11.1. The van der Waals surface area contributed by atoms with Gasteiger partial charge in [0.25, 0.3) is 5.69 Å². The topological polar surface area (TPSA) is 110 Å². The maximum atomic E-state index is 13.3. The van der Waals surface area contributed by atoms with Crippen molar-refractivity contribution in [2.45, 2.75) is 31.6 Å². The number of nitro benzene ring substituents is 1. The van der Waals surface area contributed by atoms with E-state index in [4.69, 9.17) is 16.6 Å². The maximum absolute atomic E-state index is 13.3. The van der Waals surface area contributed by atoms with E-state index in [1.54, 1.807) is 0 Å². The van der Waals surface area contributed by atoms with Gasteiger partial charge in [0.1, 0.15) is 16.7 Å². The molecule has 0 atom stereocenters. The van der Waals surface area contributed by atoms with Gasteiger partial charge in [-0.25, -0.2) is 18.4 Å². The van der Waals surface area contributed by atoms with E-state index in [2.05, 4.69) is 22.0 Å². The summed E-state index contributed by atoms with van der Waals surface area (Å²) in [4.78, 5) is 21.8. The molecule has 3 aromatic rings. The molecule has 35 heavy (non-hydrogen) atoms. The molecular weight excluding hydrogens is 490 g/mol. The van der Waals surface area contributed by atoms with E-state index in [-0.39, 0.29) is 16.5 Å². The van der Waals surface area contributed by atoms with Gasteiger partial charge in [-0.1, -0.05) is 41.9 Å². The Morgan fingerprint density at radius 1 is 1.03 bits per heavy atom. The van der Waals surface area contributed by atoms with Crippen molar-refractivity contribution in [3.63, 3.8) is 0 Å². The summed E-state index contributed by atoms with van der Waals surface area (Å²) in [6.45, 7) is 5.41. The molecule has 0 unspecified atom stereocenters. The molecule has 184 valence electrons. The minimum absolute atomic E-state index is 0.101. The van der Waals surface area contributed by atoms with Crippen LogP contribution in [0.4, 0.5) is 11.5 Å². The Hall–Kier alpha value is -3.08. The van der Waals surface area contributed by atoms with Crippen molar-refractivity contribution < 1.29 is 13.3 Å². The normalized spacial score (nSPS) is 15.1. The van der Waals surface area contributed by atoms with Crippen LogP contribution < -0.4 is 4.90 Å². The summed E-state index contributed by atoms with van der Waals surface area (Å²) < 4.78 is 28.0. The molecule has 1 saturated heterocycles. The third kappa shape index (κ3) is 5.44. The molecule has 4 rings (SSSR count). The van der Waals surface area contributed by atoms with Gasteiger partial charge in [-0.05, 0) is 38.0 Å². The fourth-order valence-electron chi connectivity index (χ4n) is 4.27. The molecule has 11 heteroatoms. The van der Waals surface area contributed by atoms with Gasteiger partial charge in [-0.2, -0.15) is 4.31 Å². The van der Waals surface area contributed by atoms with E-state index in [0.717, 1.165) is 28.7 Å². The minimum atomic E-state index is -3.93. The largest absolute Gasteiger partial charge is 0.355 e. The minimum Gasteiger partial charge on any atom is -0.355 e. The number of nitrogens with zero attached hydrogens (tertiary/aromatic N) is 5. The number of benzene rings is 2. The van der Waals surface area contributed by atoms with E-state index < -0.39 is 20.6 Å². The van der Waals surface area contributed by atoms with Crippen molar-refractivity contribution in [2.75, 3.05) is 31.1 Å². The fourth-order valence-corrected chi connectivity index (χ4v) is 5.95. The van der Waals surface area contributed by atoms with Crippen LogP contribution in [0.25, 0.3) is 0 Å². The molecule has 1 aliphatic heterocycles. The number of nitro groups is 1. The monoisotopic (exact) mass is 515 g/mol. The van der Waals surface area contributed by atoms with Crippen LogP contribution in [0.1, 0.15) is 29.1 Å². The molecule has 2 heterocycles. The number of sulfonamides is 1. The highest BCUT2D eigenvalue weighted by atomic mass is 35.5. The molecule has 0 N–H and O–H groups in total. The van der Waals surface area contributed by atoms with Crippen LogP contribution in [0.15, 0.2) is 53.4 Å². The number of aromatic nitrogens is 2. The summed E-state index contributed by atoms with van der Waals surface area (Å²) >= 11 is 5.87. The van der Waals surface area contributed by atoms with Crippen molar-refractivity contribution in [1.29, 1.82) is 0 Å². The Labute approximate surface area is 209 Å². The Morgan fingerprint density at radius 3 is 2.49 bits per heavy atom. The lowest BCUT2D eigenvalue weighted by molar-refractivity contribution is -0.384. The molecule has 0 radical (unpaired) electrons. The van der Waals surface area contributed by atoms with Crippen LogP contribution in [0.5, 0.6) is 0 Å². The molecule has 1 aromatic heterocycles. The first-order valence-corrected chi connectivity index (χ1v) is 13.1. The van der Waals surface area contributed by atoms with Gasteiger partial charge in [-0.15, -0.1) is 0 Å². The second-order valence-corrected chi connectivity index (χ2v) is 10.8. The Bertz CT molecular complexity index is 1350. The van der Waals surface area contributed by atoms with Crippen LogP contribution >= 0.6 is 11.6 Å². The maximum Gasteiger partial charge on any atom is 0.289 e. The highest BCUT2D eigenvalue weighted by Crippen LogP contribution is 2.30. The average molecular weight is 516 g/mol. The lowest BCUT2D eigenvalue weighted by Gasteiger charge is -2.26. The summed E-state index contributed by atoms with van der Waals surface area (Å²) in [7, 11) is -3.93. The third-order valence-electron chi connectivity index (χ3n) is 6.03. The lowest BCUT2D eigenvalue weighted by Crippen LogP contribution is -2.35. The molecule has 2 aromatic carbocycles. The van der Waals surface area contributed by atoms with Gasteiger partial charge in [0, 0.05) is 49.9 Å². The van der Waals surface area contributed by atoms with E-state index in [9.17, 15) is 18.5 Å². The van der Waals surface area contributed by atoms with Crippen molar-refractivity contribution in [1.82, 2.24) is 14.3 Å². The molecule has 0 aliphatic carbocycles. The molecule has 9 nitrogen and oxygen atoms in total. The zero-order chi connectivity index (χ0) is 25.2. The lowest BCUT2D eigenvalue weighted by atomic mass is 10.0. The summed E-state index contributed by atoms with van der Waals surface area (Å²) in [6.07, 6.45) is 1.26. The zero-order valence-electron chi connectivity index (χ0n) is 19.5. The number of aryl methyl sites for hydroxylation is 2. The molecule has 1 fully saturated rings. The standard InChI is InChI=1S/C24H26ClN5O4S/c1-17-21(15-19-7-4-3-5-8-19)24(27-18(2)26-17)28-11-6-12-29(14-13-28)35(33,34)20-9-10-22(25)23(16-20)30(31)32/h3-5,7-10,16H,6,11-15H2,1-2H3. The van der Waals surface area contributed by atoms with Gasteiger partial charge >= 0.3 is 0 Å². The van der Waals surface area contributed by atoms with Crippen molar-refractivity contribution in [2.24, 2.45) is 0 Å². The zero-order valence-corrected chi connectivity index (χ0v) is 21.1. The predicted octanol–water partition coefficient (Wildman–Crippen LogP) is 4.15. The number of anilines is 1. The van der Waals surface area contributed by atoms with Crippen molar-refractivity contribution in [3.8, 4) is 0 Å². The first-order valence-electron chi connectivity index (χ1n) is 11.2. The predicted molar refractivity (Wildman–Crippen MR) is 134 cm³/mol. The van der Waals surface area contributed by atoms with Gasteiger partial charge in [0.2, 0.25) is 10.0 Å². The number of hydrogen-bond donors (Lipinski definition) is 0. The first kappa shape index (κ1) is 25.0. The van der Waals surface area contributed by atoms with Crippen LogP contribution in [0.2, 0.25) is 5.02 Å². The SMILES string of the molecule is Cc1nc(C)c(Cc2ccccc2)c(N2CCCN(S(=O)(=O)c3ccc(Cl)c([N+](=O)[O-])c3)CC2)n1. The molecule has 1 aliphatic rings. The quantitative estimate of drug-likeness (QED) is 0.358. The van der Waals surface area contributed by atoms with E-state index in [0.29, 0.717) is 38.3 Å². The first-order chi connectivity index (χ1) is 16.7. The number of rotatable bonds is 6. The molecule has 0 spiro atoms. The van der Waals surface area contributed by atoms with Gasteiger partial charge in [0.15, 0.2) is 0 Å².